The minimum atomic E-state index is -0.335. The number of nitrogens with zero attached hydrogens (tertiary/aromatic N) is 1. The molecule has 1 heterocycles. The highest BCUT2D eigenvalue weighted by molar-refractivity contribution is 5.85. The van der Waals surface area contributed by atoms with Crippen LogP contribution in [0.3, 0.4) is 0 Å². The molecule has 1 aliphatic heterocycles. The second-order valence-electron chi connectivity index (χ2n) is 5.23. The Morgan fingerprint density at radius 1 is 1.40 bits per heavy atom. The van der Waals surface area contributed by atoms with Crippen molar-refractivity contribution in [1.29, 1.82) is 0 Å². The van der Waals surface area contributed by atoms with Gasteiger partial charge in [-0.1, -0.05) is 37.3 Å². The van der Waals surface area contributed by atoms with E-state index in [2.05, 4.69) is 46.1 Å². The number of ether oxygens (including phenoxy) is 1. The van der Waals surface area contributed by atoms with Crippen molar-refractivity contribution in [3.63, 3.8) is 0 Å². The number of alkyl carbamates (subject to hydrolysis) is 1. The fraction of sp³-hybridized carbons (Fsp3) is 0.533. The summed E-state index contributed by atoms with van der Waals surface area (Å²) in [5.74, 6) is 0.492. The molecule has 0 spiro atoms. The van der Waals surface area contributed by atoms with E-state index in [-0.39, 0.29) is 24.5 Å². The predicted octanol–water partition coefficient (Wildman–Crippen LogP) is 2.67. The smallest absolute Gasteiger partial charge is 0.407 e. The van der Waals surface area contributed by atoms with Crippen molar-refractivity contribution in [3.05, 3.63) is 35.9 Å². The highest BCUT2D eigenvalue weighted by atomic mass is 35.5. The van der Waals surface area contributed by atoms with Crippen molar-refractivity contribution >= 4 is 18.5 Å². The average Bonchev–Trinajstić information content (AvgIpc) is 2.43. The number of piperidine rings is 1. The molecule has 0 saturated carbocycles. The monoisotopic (exact) mass is 298 g/mol. The minimum Gasteiger partial charge on any atom is -0.453 e. The minimum absolute atomic E-state index is 0. The summed E-state index contributed by atoms with van der Waals surface area (Å²) in [5, 5.41) is 2.93. The van der Waals surface area contributed by atoms with Gasteiger partial charge in [0.2, 0.25) is 0 Å². The van der Waals surface area contributed by atoms with Crippen LogP contribution in [0, 0.1) is 5.92 Å². The zero-order chi connectivity index (χ0) is 13.7. The fourth-order valence-electron chi connectivity index (χ4n) is 2.52. The summed E-state index contributed by atoms with van der Waals surface area (Å²) in [7, 11) is 1.41. The van der Waals surface area contributed by atoms with Gasteiger partial charge in [0.1, 0.15) is 0 Å². The highest BCUT2D eigenvalue weighted by Crippen LogP contribution is 2.19. The van der Waals surface area contributed by atoms with Gasteiger partial charge in [0.05, 0.1) is 7.11 Å². The lowest BCUT2D eigenvalue weighted by atomic mass is 9.93. The second kappa shape index (κ2) is 8.12. The van der Waals surface area contributed by atoms with Gasteiger partial charge < -0.3 is 10.1 Å². The molecule has 20 heavy (non-hydrogen) atoms. The second-order valence-corrected chi connectivity index (χ2v) is 5.23. The lowest BCUT2D eigenvalue weighted by molar-refractivity contribution is 0.123. The summed E-state index contributed by atoms with van der Waals surface area (Å²) in [4.78, 5) is 13.7. The van der Waals surface area contributed by atoms with Crippen molar-refractivity contribution in [2.75, 3.05) is 20.2 Å². The zero-order valence-electron chi connectivity index (χ0n) is 12.0. The molecule has 0 unspecified atom stereocenters. The van der Waals surface area contributed by atoms with Gasteiger partial charge >= 0.3 is 6.09 Å². The van der Waals surface area contributed by atoms with Crippen LogP contribution in [-0.2, 0) is 11.3 Å². The molecule has 2 atom stereocenters. The lowest BCUT2D eigenvalue weighted by Crippen LogP contribution is -2.51. The molecule has 1 aromatic carbocycles. The van der Waals surface area contributed by atoms with Crippen LogP contribution in [0.4, 0.5) is 4.79 Å². The maximum absolute atomic E-state index is 11.3. The van der Waals surface area contributed by atoms with Crippen LogP contribution < -0.4 is 5.32 Å². The van der Waals surface area contributed by atoms with Crippen LogP contribution in [-0.4, -0.2) is 37.2 Å². The first kappa shape index (κ1) is 16.8. The summed E-state index contributed by atoms with van der Waals surface area (Å²) >= 11 is 0. The molecule has 4 nitrogen and oxygen atoms in total. The van der Waals surface area contributed by atoms with E-state index in [1.54, 1.807) is 0 Å². The first-order chi connectivity index (χ1) is 9.19. The van der Waals surface area contributed by atoms with E-state index in [0.29, 0.717) is 5.92 Å². The number of carbonyl (C=O) groups excluding carboxylic acids is 1. The maximum atomic E-state index is 11.3. The average molecular weight is 299 g/mol. The normalized spacial score (nSPS) is 22.7. The lowest BCUT2D eigenvalue weighted by Gasteiger charge is -2.37. The SMILES string of the molecule is COC(=O)N[C@H]1CN(Cc2ccccc2)CC[C@H]1C.Cl. The Kier molecular flexibility index (Phi) is 6.82. The van der Waals surface area contributed by atoms with Gasteiger partial charge in [0.15, 0.2) is 0 Å². The number of halogens is 1. The van der Waals surface area contributed by atoms with Crippen LogP contribution >= 0.6 is 12.4 Å². The van der Waals surface area contributed by atoms with Crippen molar-refractivity contribution < 1.29 is 9.53 Å². The largest absolute Gasteiger partial charge is 0.453 e. The molecular formula is C15H23ClN2O2. The van der Waals surface area contributed by atoms with Gasteiger partial charge in [-0.05, 0) is 24.4 Å². The summed E-state index contributed by atoms with van der Waals surface area (Å²) in [6, 6.07) is 10.6. The molecule has 2 rings (SSSR count). The molecule has 1 N–H and O–H groups in total. The molecule has 0 aromatic heterocycles. The molecule has 1 aliphatic rings. The van der Waals surface area contributed by atoms with E-state index >= 15 is 0 Å². The van der Waals surface area contributed by atoms with Gasteiger partial charge in [-0.25, -0.2) is 4.79 Å². The summed E-state index contributed by atoms with van der Waals surface area (Å²) in [6.45, 7) is 5.08. The molecular weight excluding hydrogens is 276 g/mol. The molecule has 1 amide bonds. The molecule has 1 aromatic rings. The number of benzene rings is 1. The molecule has 5 heteroatoms. The molecule has 1 saturated heterocycles. The highest BCUT2D eigenvalue weighted by Gasteiger charge is 2.27. The van der Waals surface area contributed by atoms with Gasteiger partial charge in [0.25, 0.3) is 0 Å². The first-order valence-electron chi connectivity index (χ1n) is 6.80. The van der Waals surface area contributed by atoms with Gasteiger partial charge in [-0.2, -0.15) is 0 Å². The van der Waals surface area contributed by atoms with E-state index in [0.717, 1.165) is 26.1 Å². The first-order valence-corrected chi connectivity index (χ1v) is 6.80. The Morgan fingerprint density at radius 3 is 2.75 bits per heavy atom. The zero-order valence-corrected chi connectivity index (χ0v) is 12.9. The number of hydrogen-bond acceptors (Lipinski definition) is 3. The quantitative estimate of drug-likeness (QED) is 0.933. The fourth-order valence-corrected chi connectivity index (χ4v) is 2.52. The van der Waals surface area contributed by atoms with Crippen molar-refractivity contribution in [3.8, 4) is 0 Å². The number of rotatable bonds is 3. The Bertz CT molecular complexity index is 414. The van der Waals surface area contributed by atoms with Crippen LogP contribution in [0.15, 0.2) is 30.3 Å². The van der Waals surface area contributed by atoms with Crippen molar-refractivity contribution in [1.82, 2.24) is 10.2 Å². The summed E-state index contributed by atoms with van der Waals surface area (Å²) in [5.41, 5.74) is 1.31. The van der Waals surface area contributed by atoms with Gasteiger partial charge in [-0.3, -0.25) is 4.90 Å². The predicted molar refractivity (Wildman–Crippen MR) is 82.1 cm³/mol. The van der Waals surface area contributed by atoms with Gasteiger partial charge in [0, 0.05) is 19.1 Å². The van der Waals surface area contributed by atoms with Crippen LogP contribution in [0.1, 0.15) is 18.9 Å². The van der Waals surface area contributed by atoms with E-state index in [1.165, 1.54) is 12.7 Å². The Balaban J connectivity index is 0.00000200. The standard InChI is InChI=1S/C15H22N2O2.ClH/c1-12-8-9-17(10-13-6-4-3-5-7-13)11-14(12)16-15(18)19-2;/h3-7,12,14H,8-11H2,1-2H3,(H,16,18);1H/t12-,14+;/m1./s1. The Hall–Kier alpha value is -1.26. The number of hydrogen-bond donors (Lipinski definition) is 1. The van der Waals surface area contributed by atoms with E-state index in [9.17, 15) is 4.79 Å². The van der Waals surface area contributed by atoms with Crippen LogP contribution in [0.5, 0.6) is 0 Å². The summed E-state index contributed by atoms with van der Waals surface area (Å²) in [6.07, 6.45) is 0.764. The van der Waals surface area contributed by atoms with Crippen molar-refractivity contribution in [2.24, 2.45) is 5.92 Å². The Morgan fingerprint density at radius 2 is 2.10 bits per heavy atom. The van der Waals surface area contributed by atoms with Gasteiger partial charge in [-0.15, -0.1) is 12.4 Å². The topological polar surface area (TPSA) is 41.6 Å². The third-order valence-electron chi connectivity index (χ3n) is 3.78. The maximum Gasteiger partial charge on any atom is 0.407 e. The Labute approximate surface area is 126 Å². The third kappa shape index (κ3) is 4.69. The summed E-state index contributed by atoms with van der Waals surface area (Å²) < 4.78 is 4.69. The van der Waals surface area contributed by atoms with E-state index < -0.39 is 0 Å². The molecule has 1 fully saturated rings. The number of methoxy groups -OCH3 is 1. The number of amides is 1. The number of nitrogens with one attached hydrogen (secondary N) is 1. The third-order valence-corrected chi connectivity index (χ3v) is 3.78. The van der Waals surface area contributed by atoms with E-state index in [4.69, 9.17) is 0 Å². The van der Waals surface area contributed by atoms with E-state index in [1.807, 2.05) is 6.07 Å². The molecule has 0 aliphatic carbocycles. The van der Waals surface area contributed by atoms with Crippen LogP contribution in [0.25, 0.3) is 0 Å². The number of likely N-dealkylation sites (tertiary alicyclic amines) is 1. The molecule has 0 bridgehead atoms. The molecule has 112 valence electrons. The van der Waals surface area contributed by atoms with Crippen LogP contribution in [0.2, 0.25) is 0 Å². The molecule has 0 radical (unpaired) electrons. The number of carbonyl (C=O) groups is 1. The van der Waals surface area contributed by atoms with Crippen molar-refractivity contribution in [2.45, 2.75) is 25.9 Å².